The lowest BCUT2D eigenvalue weighted by atomic mass is 9.67. The lowest BCUT2D eigenvalue weighted by molar-refractivity contribution is -0.161. The van der Waals surface area contributed by atoms with Crippen LogP contribution in [-0.4, -0.2) is 31.9 Å². The highest BCUT2D eigenvalue weighted by Crippen LogP contribution is 2.54. The molecule has 1 aliphatic heterocycles. The van der Waals surface area contributed by atoms with E-state index in [4.69, 9.17) is 23.2 Å². The molecule has 4 rings (SSSR count). The highest BCUT2D eigenvalue weighted by Gasteiger charge is 2.52. The summed E-state index contributed by atoms with van der Waals surface area (Å²) in [5.41, 5.74) is 1.40. The number of hydrogen-bond acceptors (Lipinski definition) is 4. The number of aromatic nitrogens is 2. The average Bonchev–Trinajstić information content (AvgIpc) is 2.83. The van der Waals surface area contributed by atoms with Crippen LogP contribution in [0, 0.1) is 5.41 Å². The molecule has 1 aliphatic rings. The molecule has 1 amide bonds. The van der Waals surface area contributed by atoms with Crippen molar-refractivity contribution in [3.8, 4) is 0 Å². The number of hydrogen-bond donors (Lipinski definition) is 1. The van der Waals surface area contributed by atoms with Crippen LogP contribution in [0.5, 0.6) is 0 Å². The van der Waals surface area contributed by atoms with E-state index in [1.54, 1.807) is 31.6 Å². The summed E-state index contributed by atoms with van der Waals surface area (Å²) >= 11 is 12.6. The molecule has 1 saturated heterocycles. The van der Waals surface area contributed by atoms with Gasteiger partial charge in [0.2, 0.25) is 5.91 Å². The van der Waals surface area contributed by atoms with Crippen molar-refractivity contribution in [2.45, 2.75) is 51.1 Å². The Morgan fingerprint density at radius 2 is 1.89 bits per heavy atom. The SMILES string of the molecule is CC[C@@H](c1cnccn1)N1C(=O)[C@](C)(CC(=O)O)C[C@H](c2cccc(Cl)c2)[C@H]1c1ccc(Cl)cc1. The molecule has 1 N–H and O–H groups in total. The van der Waals surface area contributed by atoms with Crippen LogP contribution in [0.15, 0.2) is 67.1 Å². The lowest BCUT2D eigenvalue weighted by Crippen LogP contribution is -2.53. The standard InChI is InChI=1S/C27H27Cl2N3O3/c1-3-23(22-16-30-11-12-31-22)32-25(17-7-9-19(28)10-8-17)21(18-5-4-6-20(29)13-18)14-27(2,26(32)35)15-24(33)34/h4-13,16,21,23,25H,3,14-15H2,1-2H3,(H,33,34)/t21-,23+,25-,27+/m1/s1. The number of likely N-dealkylation sites (tertiary alicyclic amines) is 1. The third kappa shape index (κ3) is 5.19. The fourth-order valence-corrected chi connectivity index (χ4v) is 5.58. The first kappa shape index (κ1) is 25.1. The summed E-state index contributed by atoms with van der Waals surface area (Å²) in [5.74, 6) is -1.43. The van der Waals surface area contributed by atoms with Gasteiger partial charge in [-0.05, 0) is 48.2 Å². The molecule has 1 aromatic heterocycles. The average molecular weight is 512 g/mol. The highest BCUT2D eigenvalue weighted by atomic mass is 35.5. The lowest BCUT2D eigenvalue weighted by Gasteiger charge is -2.51. The van der Waals surface area contributed by atoms with Gasteiger partial charge in [-0.3, -0.25) is 19.6 Å². The van der Waals surface area contributed by atoms with Gasteiger partial charge in [-0.25, -0.2) is 0 Å². The van der Waals surface area contributed by atoms with Crippen LogP contribution in [-0.2, 0) is 9.59 Å². The van der Waals surface area contributed by atoms with Gasteiger partial charge in [-0.2, -0.15) is 0 Å². The van der Waals surface area contributed by atoms with E-state index < -0.39 is 17.4 Å². The molecular weight excluding hydrogens is 485 g/mol. The predicted octanol–water partition coefficient (Wildman–Crippen LogP) is 6.47. The molecule has 182 valence electrons. The van der Waals surface area contributed by atoms with E-state index in [-0.39, 0.29) is 24.3 Å². The Hall–Kier alpha value is -2.96. The number of aliphatic carboxylic acids is 1. The maximum Gasteiger partial charge on any atom is 0.304 e. The van der Waals surface area contributed by atoms with E-state index in [9.17, 15) is 14.7 Å². The molecule has 0 spiro atoms. The monoisotopic (exact) mass is 511 g/mol. The topological polar surface area (TPSA) is 83.4 Å². The molecule has 2 aromatic carbocycles. The van der Waals surface area contributed by atoms with Crippen LogP contribution in [0.3, 0.4) is 0 Å². The molecule has 0 aliphatic carbocycles. The van der Waals surface area contributed by atoms with Crippen molar-refractivity contribution >= 4 is 35.1 Å². The molecule has 35 heavy (non-hydrogen) atoms. The first-order valence-corrected chi connectivity index (χ1v) is 12.3. The van der Waals surface area contributed by atoms with E-state index in [1.807, 2.05) is 54.3 Å². The Balaban J connectivity index is 1.95. The zero-order chi connectivity index (χ0) is 25.2. The quantitative estimate of drug-likeness (QED) is 0.392. The summed E-state index contributed by atoms with van der Waals surface area (Å²) in [6.45, 7) is 3.73. The Morgan fingerprint density at radius 1 is 1.14 bits per heavy atom. The van der Waals surface area contributed by atoms with Gasteiger partial charge < -0.3 is 10.0 Å². The first-order valence-electron chi connectivity index (χ1n) is 11.5. The third-order valence-corrected chi connectivity index (χ3v) is 7.27. The summed E-state index contributed by atoms with van der Waals surface area (Å²) < 4.78 is 0. The summed E-state index contributed by atoms with van der Waals surface area (Å²) in [6.07, 6.45) is 5.53. The summed E-state index contributed by atoms with van der Waals surface area (Å²) in [6, 6.07) is 14.3. The Labute approximate surface area is 214 Å². The molecule has 0 unspecified atom stereocenters. The van der Waals surface area contributed by atoms with Crippen LogP contribution in [0.25, 0.3) is 0 Å². The second kappa shape index (κ2) is 10.3. The molecule has 1 fully saturated rings. The van der Waals surface area contributed by atoms with Crippen LogP contribution in [0.2, 0.25) is 10.0 Å². The molecule has 0 bridgehead atoms. The fourth-order valence-electron chi connectivity index (χ4n) is 5.25. The van der Waals surface area contributed by atoms with Crippen molar-refractivity contribution < 1.29 is 14.7 Å². The van der Waals surface area contributed by atoms with Crippen molar-refractivity contribution in [3.63, 3.8) is 0 Å². The van der Waals surface area contributed by atoms with E-state index in [0.29, 0.717) is 28.6 Å². The largest absolute Gasteiger partial charge is 0.481 e. The summed E-state index contributed by atoms with van der Waals surface area (Å²) in [4.78, 5) is 36.7. The van der Waals surface area contributed by atoms with Crippen molar-refractivity contribution in [1.29, 1.82) is 0 Å². The van der Waals surface area contributed by atoms with Crippen molar-refractivity contribution in [1.82, 2.24) is 14.9 Å². The molecule has 0 radical (unpaired) electrons. The van der Waals surface area contributed by atoms with Gasteiger partial charge in [-0.1, -0.05) is 61.3 Å². The van der Waals surface area contributed by atoms with Crippen LogP contribution < -0.4 is 0 Å². The van der Waals surface area contributed by atoms with Crippen LogP contribution in [0.1, 0.15) is 67.9 Å². The van der Waals surface area contributed by atoms with E-state index in [0.717, 1.165) is 11.1 Å². The maximum absolute atomic E-state index is 14.2. The predicted molar refractivity (Wildman–Crippen MR) is 135 cm³/mol. The number of carbonyl (C=O) groups is 2. The number of nitrogens with zero attached hydrogens (tertiary/aromatic N) is 3. The fraction of sp³-hybridized carbons (Fsp3) is 0.333. The van der Waals surface area contributed by atoms with Crippen molar-refractivity contribution in [2.24, 2.45) is 5.41 Å². The van der Waals surface area contributed by atoms with Gasteiger partial charge in [0.1, 0.15) is 0 Å². The van der Waals surface area contributed by atoms with E-state index >= 15 is 0 Å². The number of piperidine rings is 1. The zero-order valence-corrected chi connectivity index (χ0v) is 21.1. The smallest absolute Gasteiger partial charge is 0.304 e. The Kier molecular flexibility index (Phi) is 7.43. The second-order valence-electron chi connectivity index (χ2n) is 9.26. The second-order valence-corrected chi connectivity index (χ2v) is 10.1. The van der Waals surface area contributed by atoms with Gasteiger partial charge in [0, 0.05) is 28.4 Å². The number of benzene rings is 2. The molecular formula is C27H27Cl2N3O3. The highest BCUT2D eigenvalue weighted by molar-refractivity contribution is 6.30. The number of carboxylic acid groups (broad SMARTS) is 1. The summed E-state index contributed by atoms with van der Waals surface area (Å²) in [5, 5.41) is 10.9. The van der Waals surface area contributed by atoms with Gasteiger partial charge in [-0.15, -0.1) is 0 Å². The summed E-state index contributed by atoms with van der Waals surface area (Å²) in [7, 11) is 0. The first-order chi connectivity index (χ1) is 16.7. The zero-order valence-electron chi connectivity index (χ0n) is 19.6. The van der Waals surface area contributed by atoms with E-state index in [1.165, 1.54) is 0 Å². The Bertz CT molecular complexity index is 1210. The molecule has 0 saturated carbocycles. The van der Waals surface area contributed by atoms with Crippen molar-refractivity contribution in [3.05, 3.63) is 94.0 Å². The normalized spacial score (nSPS) is 23.2. The van der Waals surface area contributed by atoms with E-state index in [2.05, 4.69) is 9.97 Å². The number of rotatable bonds is 7. The minimum absolute atomic E-state index is 0.206. The molecule has 6 nitrogen and oxygen atoms in total. The number of carbonyl (C=O) groups excluding carboxylic acids is 1. The minimum atomic E-state index is -1.11. The van der Waals surface area contributed by atoms with Gasteiger partial charge >= 0.3 is 5.97 Å². The van der Waals surface area contributed by atoms with Gasteiger partial charge in [0.15, 0.2) is 0 Å². The molecule has 3 aromatic rings. The Morgan fingerprint density at radius 3 is 2.49 bits per heavy atom. The third-order valence-electron chi connectivity index (χ3n) is 6.78. The molecule has 2 heterocycles. The van der Waals surface area contributed by atoms with Crippen LogP contribution in [0.4, 0.5) is 0 Å². The van der Waals surface area contributed by atoms with Crippen LogP contribution >= 0.6 is 23.2 Å². The number of halogens is 2. The van der Waals surface area contributed by atoms with Crippen molar-refractivity contribution in [2.75, 3.05) is 0 Å². The molecule has 8 heteroatoms. The van der Waals surface area contributed by atoms with Gasteiger partial charge in [0.25, 0.3) is 0 Å². The molecule has 4 atom stereocenters. The number of carboxylic acids is 1. The minimum Gasteiger partial charge on any atom is -0.481 e. The maximum atomic E-state index is 14.2. The number of amides is 1. The van der Waals surface area contributed by atoms with Gasteiger partial charge in [0.05, 0.1) is 35.8 Å².